The number of amides is 1. The lowest BCUT2D eigenvalue weighted by Gasteiger charge is -2.47. The van der Waals surface area contributed by atoms with E-state index in [2.05, 4.69) is 42.9 Å². The Bertz CT molecular complexity index is 1870. The summed E-state index contributed by atoms with van der Waals surface area (Å²) in [5.74, 6) is 0.587. The number of benzene rings is 1. The van der Waals surface area contributed by atoms with Crippen molar-refractivity contribution < 1.29 is 17.9 Å². The molecule has 5 heterocycles. The zero-order valence-electron chi connectivity index (χ0n) is 26.0. The SMILES string of the molecule is Cc1cc(C(=O)NCc2cc3nc(-c4cccc(N5CC(C)(C)OC(C)(C)C5)n4)ccc3cn2)cc2c1CCN2S(C)(=O)=O. The molecule has 1 saturated heterocycles. The van der Waals surface area contributed by atoms with Gasteiger partial charge in [0, 0.05) is 36.8 Å². The number of anilines is 2. The van der Waals surface area contributed by atoms with E-state index in [1.807, 2.05) is 49.4 Å². The van der Waals surface area contributed by atoms with Crippen LogP contribution in [0.2, 0.25) is 0 Å². The zero-order chi connectivity index (χ0) is 31.4. The van der Waals surface area contributed by atoms with E-state index in [4.69, 9.17) is 14.7 Å². The minimum absolute atomic E-state index is 0.197. The average molecular weight is 615 g/mol. The molecular formula is C33H38N6O4S. The molecule has 0 bridgehead atoms. The summed E-state index contributed by atoms with van der Waals surface area (Å²) in [6.45, 7) is 12.4. The number of sulfonamides is 1. The van der Waals surface area contributed by atoms with E-state index in [9.17, 15) is 13.2 Å². The number of morpholine rings is 1. The van der Waals surface area contributed by atoms with Gasteiger partial charge in [0.15, 0.2) is 0 Å². The lowest BCUT2D eigenvalue weighted by Crippen LogP contribution is -2.57. The molecule has 1 fully saturated rings. The number of nitrogens with one attached hydrogen (secondary N) is 1. The number of aryl methyl sites for hydroxylation is 1. The highest BCUT2D eigenvalue weighted by atomic mass is 32.2. The molecule has 10 nitrogen and oxygen atoms in total. The minimum atomic E-state index is -3.42. The van der Waals surface area contributed by atoms with Crippen LogP contribution in [0.3, 0.4) is 0 Å². The van der Waals surface area contributed by atoms with Crippen molar-refractivity contribution in [2.75, 3.05) is 35.1 Å². The van der Waals surface area contributed by atoms with Crippen molar-refractivity contribution in [2.24, 2.45) is 0 Å². The number of fused-ring (bicyclic) bond motifs is 2. The number of pyridine rings is 3. The standard InChI is InChI=1S/C33H38N6O4S/c1-21-14-23(15-29-25(21)12-13-39(29)44(6,41)42)31(40)35-18-24-16-28-22(17-34-24)10-11-27(36-28)26-8-7-9-30(37-26)38-19-32(2,3)43-33(4,5)20-38/h7-11,14-17H,12-13,18-20H2,1-6H3,(H,35,40). The molecule has 2 aliphatic rings. The van der Waals surface area contributed by atoms with E-state index in [0.717, 1.165) is 52.3 Å². The maximum absolute atomic E-state index is 13.1. The minimum Gasteiger partial charge on any atom is -0.366 e. The molecule has 1 N–H and O–H groups in total. The molecule has 0 unspecified atom stereocenters. The molecular weight excluding hydrogens is 576 g/mol. The number of rotatable bonds is 6. The monoisotopic (exact) mass is 614 g/mol. The van der Waals surface area contributed by atoms with Gasteiger partial charge >= 0.3 is 0 Å². The van der Waals surface area contributed by atoms with Crippen molar-refractivity contribution in [2.45, 2.75) is 58.8 Å². The summed E-state index contributed by atoms with van der Waals surface area (Å²) in [5.41, 5.74) is 5.19. The number of aromatic nitrogens is 3. The summed E-state index contributed by atoms with van der Waals surface area (Å²) in [6, 6.07) is 15.2. The molecule has 6 rings (SSSR count). The van der Waals surface area contributed by atoms with Crippen molar-refractivity contribution >= 4 is 38.3 Å². The van der Waals surface area contributed by atoms with E-state index in [0.29, 0.717) is 29.9 Å². The molecule has 0 saturated carbocycles. The predicted molar refractivity (Wildman–Crippen MR) is 172 cm³/mol. The van der Waals surface area contributed by atoms with Crippen LogP contribution in [0.15, 0.2) is 54.7 Å². The smallest absolute Gasteiger partial charge is 0.251 e. The van der Waals surface area contributed by atoms with Gasteiger partial charge in [-0.25, -0.2) is 18.4 Å². The highest BCUT2D eigenvalue weighted by Crippen LogP contribution is 2.34. The Morgan fingerprint density at radius 1 is 1.00 bits per heavy atom. The largest absolute Gasteiger partial charge is 0.366 e. The van der Waals surface area contributed by atoms with Gasteiger partial charge in [0.2, 0.25) is 10.0 Å². The molecule has 11 heteroatoms. The summed E-state index contributed by atoms with van der Waals surface area (Å²) >= 11 is 0. The first-order valence-corrected chi connectivity index (χ1v) is 16.6. The van der Waals surface area contributed by atoms with E-state index in [-0.39, 0.29) is 23.7 Å². The summed E-state index contributed by atoms with van der Waals surface area (Å²) in [5, 5.41) is 3.81. The summed E-state index contributed by atoms with van der Waals surface area (Å²) in [7, 11) is -3.42. The van der Waals surface area contributed by atoms with Crippen molar-refractivity contribution in [3.63, 3.8) is 0 Å². The second-order valence-electron chi connectivity index (χ2n) is 13.0. The van der Waals surface area contributed by atoms with E-state index in [1.54, 1.807) is 12.3 Å². The van der Waals surface area contributed by atoms with Gasteiger partial charge < -0.3 is 15.0 Å². The molecule has 1 aromatic carbocycles. The van der Waals surface area contributed by atoms with E-state index in [1.165, 1.54) is 10.6 Å². The predicted octanol–water partition coefficient (Wildman–Crippen LogP) is 4.65. The maximum Gasteiger partial charge on any atom is 0.251 e. The van der Waals surface area contributed by atoms with Crippen molar-refractivity contribution in [1.29, 1.82) is 0 Å². The second-order valence-corrected chi connectivity index (χ2v) is 14.9. The fourth-order valence-corrected chi connectivity index (χ4v) is 7.36. The van der Waals surface area contributed by atoms with Crippen molar-refractivity contribution in [3.8, 4) is 11.4 Å². The van der Waals surface area contributed by atoms with Gasteiger partial charge in [0.25, 0.3) is 5.91 Å². The quantitative estimate of drug-likeness (QED) is 0.334. The van der Waals surface area contributed by atoms with Crippen LogP contribution in [0.1, 0.15) is 54.9 Å². The Hall–Kier alpha value is -4.09. The third-order valence-electron chi connectivity index (χ3n) is 8.02. The fourth-order valence-electron chi connectivity index (χ4n) is 6.42. The number of hydrogen-bond acceptors (Lipinski definition) is 8. The Kier molecular flexibility index (Phi) is 7.36. The third-order valence-corrected chi connectivity index (χ3v) is 9.20. The number of hydrogen-bond donors (Lipinski definition) is 1. The molecule has 0 atom stereocenters. The van der Waals surface area contributed by atoms with E-state index >= 15 is 0 Å². The van der Waals surface area contributed by atoms with Gasteiger partial charge in [-0.2, -0.15) is 0 Å². The van der Waals surface area contributed by atoms with Gasteiger partial charge in [-0.05, 0) is 94.6 Å². The van der Waals surface area contributed by atoms with Crippen LogP contribution in [-0.4, -0.2) is 66.4 Å². The maximum atomic E-state index is 13.1. The van der Waals surface area contributed by atoms with Gasteiger partial charge in [-0.15, -0.1) is 0 Å². The molecule has 0 spiro atoms. The highest BCUT2D eigenvalue weighted by molar-refractivity contribution is 7.92. The Morgan fingerprint density at radius 3 is 2.45 bits per heavy atom. The summed E-state index contributed by atoms with van der Waals surface area (Å²) in [4.78, 5) is 29.8. The first-order valence-electron chi connectivity index (χ1n) is 14.8. The molecule has 3 aromatic heterocycles. The topological polar surface area (TPSA) is 118 Å². The Labute approximate surface area is 258 Å². The molecule has 4 aromatic rings. The molecule has 44 heavy (non-hydrogen) atoms. The van der Waals surface area contributed by atoms with Gasteiger partial charge in [-0.1, -0.05) is 6.07 Å². The third kappa shape index (κ3) is 6.11. The molecule has 2 aliphatic heterocycles. The van der Waals surface area contributed by atoms with Gasteiger partial charge in [-0.3, -0.25) is 14.1 Å². The van der Waals surface area contributed by atoms with Crippen LogP contribution in [0.25, 0.3) is 22.3 Å². The van der Waals surface area contributed by atoms with Crippen LogP contribution >= 0.6 is 0 Å². The number of nitrogens with zero attached hydrogens (tertiary/aromatic N) is 5. The number of carbonyl (C=O) groups is 1. The highest BCUT2D eigenvalue weighted by Gasteiger charge is 2.38. The van der Waals surface area contributed by atoms with Crippen LogP contribution < -0.4 is 14.5 Å². The van der Waals surface area contributed by atoms with Crippen LogP contribution in [-0.2, 0) is 27.7 Å². The molecule has 0 aliphatic carbocycles. The molecule has 1 amide bonds. The normalized spacial score (nSPS) is 17.5. The van der Waals surface area contributed by atoms with Crippen molar-refractivity contribution in [1.82, 2.24) is 20.3 Å². The summed E-state index contributed by atoms with van der Waals surface area (Å²) < 4.78 is 32.1. The van der Waals surface area contributed by atoms with Crippen LogP contribution in [0.5, 0.6) is 0 Å². The van der Waals surface area contributed by atoms with Gasteiger partial charge in [0.05, 0.1) is 52.3 Å². The number of ether oxygens (including phenoxy) is 1. The number of carbonyl (C=O) groups excluding carboxylic acids is 1. The first kappa shape index (κ1) is 30.0. The summed E-state index contributed by atoms with van der Waals surface area (Å²) in [6.07, 6.45) is 3.57. The average Bonchev–Trinajstić information content (AvgIpc) is 3.39. The van der Waals surface area contributed by atoms with Crippen LogP contribution in [0.4, 0.5) is 11.5 Å². The zero-order valence-corrected chi connectivity index (χ0v) is 26.8. The molecule has 230 valence electrons. The van der Waals surface area contributed by atoms with Crippen molar-refractivity contribution in [3.05, 3.63) is 77.1 Å². The van der Waals surface area contributed by atoms with E-state index < -0.39 is 10.0 Å². The fraction of sp³-hybridized carbons (Fsp3) is 0.394. The first-order chi connectivity index (χ1) is 20.7. The lowest BCUT2D eigenvalue weighted by atomic mass is 9.99. The van der Waals surface area contributed by atoms with Gasteiger partial charge in [0.1, 0.15) is 5.82 Å². The molecule has 0 radical (unpaired) electrons. The lowest BCUT2D eigenvalue weighted by molar-refractivity contribution is -0.133. The Morgan fingerprint density at radius 2 is 1.73 bits per heavy atom. The second kappa shape index (κ2) is 10.8. The van der Waals surface area contributed by atoms with Crippen LogP contribution in [0, 0.1) is 6.92 Å². The Balaban J connectivity index is 1.21.